The normalized spacial score (nSPS) is 12.1. The number of aromatic hydroxyl groups is 2. The summed E-state index contributed by atoms with van der Waals surface area (Å²) in [5.41, 5.74) is 2.95. The molecule has 0 spiro atoms. The van der Waals surface area contributed by atoms with Crippen molar-refractivity contribution >= 4 is 5.69 Å². The van der Waals surface area contributed by atoms with Crippen molar-refractivity contribution in [3.8, 4) is 11.5 Å². The van der Waals surface area contributed by atoms with Gasteiger partial charge in [-0.25, -0.2) is 0 Å². The molecule has 0 aromatic heterocycles. The predicted octanol–water partition coefficient (Wildman–Crippen LogP) is 3.83. The molecule has 0 heterocycles. The third-order valence-electron chi connectivity index (χ3n) is 3.20. The third-order valence-corrected chi connectivity index (χ3v) is 3.20. The molecule has 100 valence electrons. The number of rotatable bonds is 4. The van der Waals surface area contributed by atoms with E-state index in [9.17, 15) is 10.2 Å². The SMILES string of the molecule is CCc1cccc(NC(C)c2cc(O)ccc2O)c1. The van der Waals surface area contributed by atoms with Gasteiger partial charge >= 0.3 is 0 Å². The van der Waals surface area contributed by atoms with Crippen molar-refractivity contribution in [2.45, 2.75) is 26.3 Å². The van der Waals surface area contributed by atoms with Crippen molar-refractivity contribution in [1.29, 1.82) is 0 Å². The third kappa shape index (κ3) is 3.19. The van der Waals surface area contributed by atoms with Gasteiger partial charge in [0.25, 0.3) is 0 Å². The lowest BCUT2D eigenvalue weighted by Crippen LogP contribution is -2.07. The number of benzene rings is 2. The monoisotopic (exact) mass is 257 g/mol. The van der Waals surface area contributed by atoms with Gasteiger partial charge in [-0.2, -0.15) is 0 Å². The molecule has 0 saturated heterocycles. The van der Waals surface area contributed by atoms with E-state index in [-0.39, 0.29) is 17.5 Å². The van der Waals surface area contributed by atoms with E-state index in [2.05, 4.69) is 24.4 Å². The number of hydrogen-bond donors (Lipinski definition) is 3. The molecular formula is C16H19NO2. The summed E-state index contributed by atoms with van der Waals surface area (Å²) >= 11 is 0. The summed E-state index contributed by atoms with van der Waals surface area (Å²) < 4.78 is 0. The molecule has 3 nitrogen and oxygen atoms in total. The molecule has 0 fully saturated rings. The van der Waals surface area contributed by atoms with Crippen LogP contribution >= 0.6 is 0 Å². The Morgan fingerprint density at radius 3 is 2.63 bits per heavy atom. The number of phenolic OH excluding ortho intramolecular Hbond substituents is 2. The van der Waals surface area contributed by atoms with Crippen molar-refractivity contribution in [2.24, 2.45) is 0 Å². The number of nitrogens with one attached hydrogen (secondary N) is 1. The first-order chi connectivity index (χ1) is 9.10. The Balaban J connectivity index is 2.20. The molecule has 3 N–H and O–H groups in total. The zero-order valence-corrected chi connectivity index (χ0v) is 11.2. The van der Waals surface area contributed by atoms with Crippen LogP contribution in [0.25, 0.3) is 0 Å². The van der Waals surface area contributed by atoms with Crippen molar-refractivity contribution in [3.63, 3.8) is 0 Å². The van der Waals surface area contributed by atoms with Crippen LogP contribution in [0, 0.1) is 0 Å². The summed E-state index contributed by atoms with van der Waals surface area (Å²) in [5, 5.41) is 22.7. The van der Waals surface area contributed by atoms with Crippen molar-refractivity contribution < 1.29 is 10.2 Å². The predicted molar refractivity (Wildman–Crippen MR) is 77.6 cm³/mol. The Hall–Kier alpha value is -2.16. The van der Waals surface area contributed by atoms with Crippen LogP contribution in [-0.4, -0.2) is 10.2 Å². The van der Waals surface area contributed by atoms with Gasteiger partial charge in [-0.3, -0.25) is 0 Å². The van der Waals surface area contributed by atoms with E-state index in [1.165, 1.54) is 17.7 Å². The van der Waals surface area contributed by atoms with E-state index in [0.717, 1.165) is 12.1 Å². The first-order valence-electron chi connectivity index (χ1n) is 6.47. The van der Waals surface area contributed by atoms with Crippen molar-refractivity contribution in [3.05, 3.63) is 53.6 Å². The fourth-order valence-electron chi connectivity index (χ4n) is 2.10. The highest BCUT2D eigenvalue weighted by molar-refractivity contribution is 5.50. The lowest BCUT2D eigenvalue weighted by atomic mass is 10.1. The van der Waals surface area contributed by atoms with Gasteiger partial charge in [-0.1, -0.05) is 19.1 Å². The second-order valence-electron chi connectivity index (χ2n) is 4.66. The van der Waals surface area contributed by atoms with Crippen LogP contribution in [0.1, 0.15) is 31.0 Å². The van der Waals surface area contributed by atoms with Crippen LogP contribution < -0.4 is 5.32 Å². The van der Waals surface area contributed by atoms with Crippen LogP contribution in [0.15, 0.2) is 42.5 Å². The molecule has 0 amide bonds. The van der Waals surface area contributed by atoms with Gasteiger partial charge in [-0.15, -0.1) is 0 Å². The van der Waals surface area contributed by atoms with E-state index in [1.807, 2.05) is 19.1 Å². The van der Waals surface area contributed by atoms with E-state index < -0.39 is 0 Å². The fourth-order valence-corrected chi connectivity index (χ4v) is 2.10. The Morgan fingerprint density at radius 2 is 1.89 bits per heavy atom. The minimum atomic E-state index is -0.0841. The van der Waals surface area contributed by atoms with E-state index in [4.69, 9.17) is 0 Å². The summed E-state index contributed by atoms with van der Waals surface area (Å²) in [6.07, 6.45) is 0.987. The lowest BCUT2D eigenvalue weighted by Gasteiger charge is -2.17. The molecule has 2 rings (SSSR count). The molecular weight excluding hydrogens is 238 g/mol. The van der Waals surface area contributed by atoms with Crippen molar-refractivity contribution in [1.82, 2.24) is 0 Å². The molecule has 0 radical (unpaired) electrons. The Morgan fingerprint density at radius 1 is 1.11 bits per heavy atom. The van der Waals surface area contributed by atoms with Gasteiger partial charge in [0.2, 0.25) is 0 Å². The molecule has 19 heavy (non-hydrogen) atoms. The zero-order valence-electron chi connectivity index (χ0n) is 11.2. The maximum absolute atomic E-state index is 9.83. The van der Waals surface area contributed by atoms with Gasteiger partial charge in [0.1, 0.15) is 11.5 Å². The highest BCUT2D eigenvalue weighted by atomic mass is 16.3. The smallest absolute Gasteiger partial charge is 0.121 e. The molecule has 1 atom stereocenters. The maximum Gasteiger partial charge on any atom is 0.121 e. The fraction of sp³-hybridized carbons (Fsp3) is 0.250. The number of phenols is 2. The Labute approximate surface area is 113 Å². The van der Waals surface area contributed by atoms with Crippen LogP contribution in [0.5, 0.6) is 11.5 Å². The number of anilines is 1. The Bertz CT molecular complexity index is 566. The molecule has 0 aliphatic carbocycles. The molecule has 1 unspecified atom stereocenters. The average Bonchev–Trinajstić information content (AvgIpc) is 2.41. The molecule has 2 aromatic rings. The molecule has 0 saturated carbocycles. The lowest BCUT2D eigenvalue weighted by molar-refractivity contribution is 0.451. The highest BCUT2D eigenvalue weighted by Crippen LogP contribution is 2.30. The second kappa shape index (κ2) is 5.65. The van der Waals surface area contributed by atoms with Crippen molar-refractivity contribution in [2.75, 3.05) is 5.32 Å². The van der Waals surface area contributed by atoms with Gasteiger partial charge in [-0.05, 0) is 49.2 Å². The van der Waals surface area contributed by atoms with Gasteiger partial charge in [0.05, 0.1) is 6.04 Å². The van der Waals surface area contributed by atoms with Crippen LogP contribution in [0.4, 0.5) is 5.69 Å². The average molecular weight is 257 g/mol. The molecule has 0 bridgehead atoms. The summed E-state index contributed by atoms with van der Waals surface area (Å²) in [6.45, 7) is 4.07. The maximum atomic E-state index is 9.83. The van der Waals surface area contributed by atoms with E-state index >= 15 is 0 Å². The molecule has 0 aliphatic heterocycles. The Kier molecular flexibility index (Phi) is 3.95. The highest BCUT2D eigenvalue weighted by Gasteiger charge is 2.11. The molecule has 0 aliphatic rings. The summed E-state index contributed by atoms with van der Waals surface area (Å²) in [4.78, 5) is 0. The van der Waals surface area contributed by atoms with Gasteiger partial charge in [0, 0.05) is 11.3 Å². The van der Waals surface area contributed by atoms with Gasteiger partial charge < -0.3 is 15.5 Å². The standard InChI is InChI=1S/C16H19NO2/c1-3-12-5-4-6-13(9-12)17-11(2)15-10-14(18)7-8-16(15)19/h4-11,17-19H,3H2,1-2H3. The molecule has 2 aromatic carbocycles. The van der Waals surface area contributed by atoms with Crippen LogP contribution in [0.2, 0.25) is 0 Å². The largest absolute Gasteiger partial charge is 0.508 e. The van der Waals surface area contributed by atoms with E-state index in [0.29, 0.717) is 5.56 Å². The topological polar surface area (TPSA) is 52.5 Å². The number of aryl methyl sites for hydroxylation is 1. The minimum Gasteiger partial charge on any atom is -0.508 e. The van der Waals surface area contributed by atoms with E-state index in [1.54, 1.807) is 6.07 Å². The summed E-state index contributed by atoms with van der Waals surface area (Å²) in [6, 6.07) is 12.7. The van der Waals surface area contributed by atoms with Crippen LogP contribution in [0.3, 0.4) is 0 Å². The minimum absolute atomic E-state index is 0.0841. The first kappa shape index (κ1) is 13.3. The molecule has 3 heteroatoms. The number of hydrogen-bond acceptors (Lipinski definition) is 3. The first-order valence-corrected chi connectivity index (χ1v) is 6.47. The summed E-state index contributed by atoms with van der Waals surface area (Å²) in [5.74, 6) is 0.341. The zero-order chi connectivity index (χ0) is 13.8. The van der Waals surface area contributed by atoms with Crippen LogP contribution in [-0.2, 0) is 6.42 Å². The quantitative estimate of drug-likeness (QED) is 0.729. The van der Waals surface area contributed by atoms with Gasteiger partial charge in [0.15, 0.2) is 0 Å². The second-order valence-corrected chi connectivity index (χ2v) is 4.66. The summed E-state index contributed by atoms with van der Waals surface area (Å²) in [7, 11) is 0.